The Morgan fingerprint density at radius 1 is 1.42 bits per heavy atom. The quantitative estimate of drug-likeness (QED) is 0.485. The fourth-order valence-corrected chi connectivity index (χ4v) is 1.38. The first-order chi connectivity index (χ1) is 9.08. The second-order valence-corrected chi connectivity index (χ2v) is 3.60. The molecular weight excluding hydrogens is 250 g/mol. The summed E-state index contributed by atoms with van der Waals surface area (Å²) in [6.07, 6.45) is 2.73. The van der Waals surface area contributed by atoms with Gasteiger partial charge in [0, 0.05) is 18.3 Å². The summed E-state index contributed by atoms with van der Waals surface area (Å²) < 4.78 is 0. The number of aromatic amines is 1. The van der Waals surface area contributed by atoms with E-state index in [0.29, 0.717) is 5.56 Å². The third-order valence-corrected chi connectivity index (χ3v) is 2.33. The topological polar surface area (TPSA) is 127 Å². The molecule has 1 heterocycles. The van der Waals surface area contributed by atoms with Crippen molar-refractivity contribution in [3.05, 3.63) is 51.7 Å². The smallest absolute Gasteiger partial charge is 0.269 e. The minimum atomic E-state index is -0.635. The van der Waals surface area contributed by atoms with E-state index in [1.807, 2.05) is 0 Å². The molecule has 0 bridgehead atoms. The minimum absolute atomic E-state index is 0.00323. The number of non-ortho nitro benzene ring substituents is 1. The lowest BCUT2D eigenvalue weighted by atomic mass is 10.2. The number of nitrogens with two attached hydrogens (primary N) is 1. The van der Waals surface area contributed by atoms with Crippen LogP contribution in [0.25, 0.3) is 0 Å². The molecule has 1 aromatic heterocycles. The summed E-state index contributed by atoms with van der Waals surface area (Å²) in [5.74, 6) is -0.393. The van der Waals surface area contributed by atoms with Gasteiger partial charge in [0.2, 0.25) is 0 Å². The van der Waals surface area contributed by atoms with E-state index in [-0.39, 0.29) is 17.1 Å². The number of rotatable bonds is 4. The average Bonchev–Trinajstić information content (AvgIpc) is 2.85. The summed E-state index contributed by atoms with van der Waals surface area (Å²) in [6.45, 7) is 0. The Bertz CT molecular complexity index is 645. The van der Waals surface area contributed by atoms with E-state index >= 15 is 0 Å². The molecule has 0 aliphatic heterocycles. The predicted molar refractivity (Wildman–Crippen MR) is 67.5 cm³/mol. The number of carbonyl (C=O) groups is 1. The zero-order valence-corrected chi connectivity index (χ0v) is 9.61. The largest absolute Gasteiger partial charge is 0.365 e. The lowest BCUT2D eigenvalue weighted by Crippen LogP contribution is -2.09. The van der Waals surface area contributed by atoms with Gasteiger partial charge < -0.3 is 5.73 Å². The number of aromatic nitrogens is 2. The number of benzene rings is 1. The van der Waals surface area contributed by atoms with E-state index in [2.05, 4.69) is 15.2 Å². The second-order valence-electron chi connectivity index (χ2n) is 3.60. The Hall–Kier alpha value is -3.03. The average molecular weight is 259 g/mol. The van der Waals surface area contributed by atoms with Crippen LogP contribution in [0.4, 0.5) is 11.5 Å². The van der Waals surface area contributed by atoms with Gasteiger partial charge >= 0.3 is 0 Å². The van der Waals surface area contributed by atoms with E-state index in [1.165, 1.54) is 24.5 Å². The number of nitrogens with zero attached hydrogens (tertiary/aromatic N) is 3. The van der Waals surface area contributed by atoms with Crippen molar-refractivity contribution in [1.29, 1.82) is 0 Å². The van der Waals surface area contributed by atoms with Crippen LogP contribution in [0.1, 0.15) is 15.9 Å². The van der Waals surface area contributed by atoms with Gasteiger partial charge in [-0.05, 0) is 17.7 Å². The van der Waals surface area contributed by atoms with Crippen molar-refractivity contribution in [2.75, 3.05) is 0 Å². The molecule has 3 N–H and O–H groups in total. The number of hydrogen-bond acceptors (Lipinski definition) is 5. The molecule has 8 heteroatoms. The molecule has 2 aromatic rings. The van der Waals surface area contributed by atoms with Crippen LogP contribution < -0.4 is 5.73 Å². The third kappa shape index (κ3) is 2.80. The van der Waals surface area contributed by atoms with Gasteiger partial charge in [-0.3, -0.25) is 20.0 Å². The standard InChI is InChI=1S/C11H9N5O3/c12-10(17)9-6-14-15-11(9)13-5-7-1-3-8(4-2-7)16(18)19/h1-6H,(H2,12,17)(H,14,15). The first kappa shape index (κ1) is 12.4. The lowest BCUT2D eigenvalue weighted by Gasteiger charge is -1.94. The number of nitro benzene ring substituents is 1. The molecule has 0 radical (unpaired) electrons. The monoisotopic (exact) mass is 259 g/mol. The van der Waals surface area contributed by atoms with Gasteiger partial charge in [0.05, 0.1) is 11.1 Å². The number of nitrogens with one attached hydrogen (secondary N) is 1. The van der Waals surface area contributed by atoms with Gasteiger partial charge in [-0.25, -0.2) is 4.99 Å². The number of nitro groups is 1. The first-order valence-corrected chi connectivity index (χ1v) is 5.19. The maximum absolute atomic E-state index is 11.0. The Morgan fingerprint density at radius 3 is 2.68 bits per heavy atom. The van der Waals surface area contributed by atoms with Crippen molar-refractivity contribution in [3.63, 3.8) is 0 Å². The molecule has 19 heavy (non-hydrogen) atoms. The highest BCUT2D eigenvalue weighted by Crippen LogP contribution is 2.15. The SMILES string of the molecule is NC(=O)c1cn[nH]c1N=Cc1ccc([N+](=O)[O-])cc1. The van der Waals surface area contributed by atoms with Crippen LogP contribution in [-0.4, -0.2) is 27.2 Å². The maximum Gasteiger partial charge on any atom is 0.269 e. The van der Waals surface area contributed by atoms with Crippen LogP contribution in [0.15, 0.2) is 35.5 Å². The molecule has 0 atom stereocenters. The Labute approximate surface area is 107 Å². The van der Waals surface area contributed by atoms with Crippen LogP contribution >= 0.6 is 0 Å². The van der Waals surface area contributed by atoms with Gasteiger partial charge in [-0.2, -0.15) is 5.10 Å². The highest BCUT2D eigenvalue weighted by atomic mass is 16.6. The fourth-order valence-electron chi connectivity index (χ4n) is 1.38. The summed E-state index contributed by atoms with van der Waals surface area (Å²) in [5.41, 5.74) is 5.96. The molecule has 96 valence electrons. The Morgan fingerprint density at radius 2 is 2.11 bits per heavy atom. The van der Waals surface area contributed by atoms with Crippen LogP contribution in [-0.2, 0) is 0 Å². The number of amides is 1. The summed E-state index contributed by atoms with van der Waals surface area (Å²) in [4.78, 5) is 25.0. The number of H-pyrrole nitrogens is 1. The van der Waals surface area contributed by atoms with Gasteiger partial charge in [0.25, 0.3) is 11.6 Å². The van der Waals surface area contributed by atoms with Crippen molar-refractivity contribution in [1.82, 2.24) is 10.2 Å². The highest BCUT2D eigenvalue weighted by molar-refractivity contribution is 5.97. The number of hydrogen-bond donors (Lipinski definition) is 2. The van der Waals surface area contributed by atoms with Crippen LogP contribution in [0.2, 0.25) is 0 Å². The Kier molecular flexibility index (Phi) is 3.33. The Balaban J connectivity index is 2.20. The molecule has 1 aromatic carbocycles. The highest BCUT2D eigenvalue weighted by Gasteiger charge is 2.08. The molecule has 0 aliphatic rings. The molecule has 2 rings (SSSR count). The van der Waals surface area contributed by atoms with Crippen molar-refractivity contribution in [2.24, 2.45) is 10.7 Å². The van der Waals surface area contributed by atoms with Crippen LogP contribution in [0.5, 0.6) is 0 Å². The number of primary amides is 1. The maximum atomic E-state index is 11.0. The molecule has 0 spiro atoms. The van der Waals surface area contributed by atoms with Crippen LogP contribution in [0, 0.1) is 10.1 Å². The summed E-state index contributed by atoms with van der Waals surface area (Å²) >= 11 is 0. The van der Waals surface area contributed by atoms with E-state index in [4.69, 9.17) is 5.73 Å². The van der Waals surface area contributed by atoms with Crippen molar-refractivity contribution >= 4 is 23.6 Å². The van der Waals surface area contributed by atoms with Crippen molar-refractivity contribution in [3.8, 4) is 0 Å². The molecule has 0 fully saturated rings. The lowest BCUT2D eigenvalue weighted by molar-refractivity contribution is -0.384. The molecule has 8 nitrogen and oxygen atoms in total. The van der Waals surface area contributed by atoms with Gasteiger partial charge in [0.15, 0.2) is 5.82 Å². The third-order valence-electron chi connectivity index (χ3n) is 2.33. The van der Waals surface area contributed by atoms with E-state index in [0.717, 1.165) is 0 Å². The molecule has 0 unspecified atom stereocenters. The zero-order valence-electron chi connectivity index (χ0n) is 9.61. The number of carbonyl (C=O) groups excluding carboxylic acids is 1. The zero-order chi connectivity index (χ0) is 13.8. The normalized spacial score (nSPS) is 10.7. The van der Waals surface area contributed by atoms with E-state index in [9.17, 15) is 14.9 Å². The van der Waals surface area contributed by atoms with Crippen molar-refractivity contribution < 1.29 is 9.72 Å². The molecule has 0 saturated carbocycles. The summed E-state index contributed by atoms with van der Waals surface area (Å²) in [5, 5.41) is 16.7. The van der Waals surface area contributed by atoms with Gasteiger partial charge in [0.1, 0.15) is 5.56 Å². The minimum Gasteiger partial charge on any atom is -0.365 e. The summed E-state index contributed by atoms with van der Waals surface area (Å²) in [6, 6.07) is 5.82. The molecule has 0 saturated heterocycles. The summed E-state index contributed by atoms with van der Waals surface area (Å²) in [7, 11) is 0. The fraction of sp³-hybridized carbons (Fsp3) is 0. The number of aliphatic imine (C=N–C) groups is 1. The van der Waals surface area contributed by atoms with Crippen molar-refractivity contribution in [2.45, 2.75) is 0 Å². The van der Waals surface area contributed by atoms with E-state index < -0.39 is 10.8 Å². The van der Waals surface area contributed by atoms with Gasteiger partial charge in [-0.15, -0.1) is 0 Å². The second kappa shape index (κ2) is 5.08. The van der Waals surface area contributed by atoms with E-state index in [1.54, 1.807) is 12.1 Å². The predicted octanol–water partition coefficient (Wildman–Crippen LogP) is 1.17. The van der Waals surface area contributed by atoms with Crippen LogP contribution in [0.3, 0.4) is 0 Å². The molecule has 1 amide bonds. The van der Waals surface area contributed by atoms with Gasteiger partial charge in [-0.1, -0.05) is 0 Å². The molecular formula is C11H9N5O3. The first-order valence-electron chi connectivity index (χ1n) is 5.19. The molecule has 0 aliphatic carbocycles.